The fourth-order valence-electron chi connectivity index (χ4n) is 5.31. The normalized spacial score (nSPS) is 14.1. The van der Waals surface area contributed by atoms with E-state index in [4.69, 9.17) is 9.97 Å². The highest BCUT2D eigenvalue weighted by atomic mass is 31.1. The van der Waals surface area contributed by atoms with Gasteiger partial charge in [0.2, 0.25) is 0 Å². The van der Waals surface area contributed by atoms with Crippen LogP contribution in [0.5, 0.6) is 0 Å². The Morgan fingerprint density at radius 2 is 1.39 bits per heavy atom. The van der Waals surface area contributed by atoms with E-state index in [0.717, 1.165) is 28.0 Å². The Bertz CT molecular complexity index is 1880. The minimum Gasteiger partial charge on any atom is -0.367 e. The maximum absolute atomic E-state index is 5.12. The van der Waals surface area contributed by atoms with Gasteiger partial charge >= 0.3 is 0 Å². The molecule has 0 amide bonds. The van der Waals surface area contributed by atoms with E-state index in [1.54, 1.807) is 0 Å². The molecule has 5 heteroatoms. The Hall–Kier alpha value is -4.40. The first-order chi connectivity index (χ1) is 17.8. The number of rotatable bonds is 4. The number of aromatic nitrogens is 3. The molecule has 0 saturated heterocycles. The first-order valence-electron chi connectivity index (χ1n) is 11.9. The summed E-state index contributed by atoms with van der Waals surface area (Å²) in [6.45, 7) is 0. The quantitative estimate of drug-likeness (QED) is 0.283. The maximum atomic E-state index is 5.12. The van der Waals surface area contributed by atoms with Gasteiger partial charge in [-0.2, -0.15) is 0 Å². The summed E-state index contributed by atoms with van der Waals surface area (Å²) in [6.07, 6.45) is 8.03. The number of benzene rings is 4. The number of aromatic amines is 1. The van der Waals surface area contributed by atoms with Gasteiger partial charge < -0.3 is 4.98 Å². The van der Waals surface area contributed by atoms with Gasteiger partial charge in [0.25, 0.3) is 0 Å². The van der Waals surface area contributed by atoms with Crippen molar-refractivity contribution in [1.82, 2.24) is 15.0 Å². The topological polar surface area (TPSA) is 53.9 Å². The van der Waals surface area contributed by atoms with Crippen LogP contribution in [0.4, 0.5) is 0 Å². The Morgan fingerprint density at radius 1 is 0.667 bits per heavy atom. The summed E-state index contributed by atoms with van der Waals surface area (Å²) >= 11 is 0. The molecular weight excluding hydrogens is 459 g/mol. The zero-order chi connectivity index (χ0) is 23.6. The number of nitrogens with one attached hydrogen (secondary N) is 1. The second-order valence-electron chi connectivity index (χ2n) is 9.12. The predicted molar refractivity (Wildman–Crippen MR) is 150 cm³/mol. The number of H-pyrrole nitrogens is 1. The molecule has 1 N–H and O–H groups in total. The van der Waals surface area contributed by atoms with Gasteiger partial charge in [0.15, 0.2) is 0 Å². The second-order valence-corrected chi connectivity index (χ2v) is 11.3. The molecule has 168 valence electrons. The highest BCUT2D eigenvalue weighted by molar-refractivity contribution is 7.77. The third-order valence-electron chi connectivity index (χ3n) is 7.05. The lowest BCUT2D eigenvalue weighted by Gasteiger charge is -2.20. The van der Waals surface area contributed by atoms with E-state index in [1.165, 1.54) is 43.4 Å². The van der Waals surface area contributed by atoms with Crippen molar-refractivity contribution in [3.8, 4) is 33.6 Å². The van der Waals surface area contributed by atoms with Crippen molar-refractivity contribution < 1.29 is 0 Å². The standard InChI is InChI=1S/C31H19N4P/c1-3-20-4-2-6-26-29(20)25(5-1)30-31(26)35-28-15-21(9-12-27(28)34-30)19-7-10-22(11-8-19)36(24-17-33-18-24)23-13-14-32-16-23/h1-18,32H. The zero-order valence-corrected chi connectivity index (χ0v) is 20.1. The molecule has 3 heterocycles. The lowest BCUT2D eigenvalue weighted by atomic mass is 10.0. The number of aliphatic imine (C=N–C) groups is 1. The molecule has 0 spiro atoms. The van der Waals surface area contributed by atoms with E-state index >= 15 is 0 Å². The van der Waals surface area contributed by atoms with Crippen LogP contribution >= 0.6 is 7.92 Å². The van der Waals surface area contributed by atoms with Crippen LogP contribution in [-0.4, -0.2) is 21.2 Å². The Morgan fingerprint density at radius 3 is 2.06 bits per heavy atom. The molecule has 4 aromatic carbocycles. The largest absolute Gasteiger partial charge is 0.367 e. The average molecular weight is 478 g/mol. The fraction of sp³-hybridized carbons (Fsp3) is 0. The Kier molecular flexibility index (Phi) is 4.16. The average Bonchev–Trinajstić information content (AvgIpc) is 3.53. The monoisotopic (exact) mass is 478 g/mol. The fourth-order valence-corrected chi connectivity index (χ4v) is 7.44. The summed E-state index contributed by atoms with van der Waals surface area (Å²) < 4.78 is 0. The van der Waals surface area contributed by atoms with Crippen molar-refractivity contribution in [2.24, 2.45) is 4.99 Å². The lowest BCUT2D eigenvalue weighted by molar-refractivity contribution is 1.32. The molecule has 1 aliphatic heterocycles. The van der Waals surface area contributed by atoms with Crippen molar-refractivity contribution >= 4 is 46.6 Å². The molecule has 4 nitrogen and oxygen atoms in total. The van der Waals surface area contributed by atoms with Gasteiger partial charge in [-0.1, -0.05) is 66.7 Å². The van der Waals surface area contributed by atoms with Crippen molar-refractivity contribution in [2.75, 3.05) is 0 Å². The third kappa shape index (κ3) is 2.89. The van der Waals surface area contributed by atoms with Crippen LogP contribution < -0.4 is 10.6 Å². The summed E-state index contributed by atoms with van der Waals surface area (Å²) in [5.74, 6) is 0. The highest BCUT2D eigenvalue weighted by Gasteiger charge is 2.24. The van der Waals surface area contributed by atoms with Crippen LogP contribution in [0.3, 0.4) is 0 Å². The summed E-state index contributed by atoms with van der Waals surface area (Å²) in [6, 6.07) is 30.3. The van der Waals surface area contributed by atoms with E-state index in [2.05, 4.69) is 101 Å². The molecule has 36 heavy (non-hydrogen) atoms. The minimum absolute atomic E-state index is 0.582. The van der Waals surface area contributed by atoms with E-state index in [0.29, 0.717) is 0 Å². The second kappa shape index (κ2) is 7.55. The van der Waals surface area contributed by atoms with Crippen molar-refractivity contribution in [3.05, 3.63) is 109 Å². The number of hydrogen-bond donors (Lipinski definition) is 1. The van der Waals surface area contributed by atoms with Gasteiger partial charge in [-0.3, -0.25) is 4.99 Å². The van der Waals surface area contributed by atoms with Crippen LogP contribution in [0, 0.1) is 0 Å². The van der Waals surface area contributed by atoms with Gasteiger partial charge in [-0.05, 0) is 47.9 Å². The number of fused-ring (bicyclic) bond motifs is 4. The van der Waals surface area contributed by atoms with E-state index in [1.807, 2.05) is 18.6 Å². The molecule has 0 saturated carbocycles. The van der Waals surface area contributed by atoms with Gasteiger partial charge in [0, 0.05) is 51.9 Å². The van der Waals surface area contributed by atoms with E-state index < -0.39 is 7.92 Å². The maximum Gasteiger partial charge on any atom is 0.0979 e. The van der Waals surface area contributed by atoms with Crippen molar-refractivity contribution in [3.63, 3.8) is 0 Å². The van der Waals surface area contributed by atoms with Crippen LogP contribution in [0.1, 0.15) is 0 Å². The van der Waals surface area contributed by atoms with Gasteiger partial charge in [0.05, 0.1) is 22.4 Å². The number of allylic oxidation sites excluding steroid dienone is 1. The lowest BCUT2D eigenvalue weighted by Crippen LogP contribution is -2.14. The molecule has 8 rings (SSSR count). The summed E-state index contributed by atoms with van der Waals surface area (Å²) in [7, 11) is -0.582. The molecule has 1 aliphatic carbocycles. The van der Waals surface area contributed by atoms with E-state index in [9.17, 15) is 0 Å². The smallest absolute Gasteiger partial charge is 0.0979 e. The summed E-state index contributed by atoms with van der Waals surface area (Å²) in [4.78, 5) is 17.6. The van der Waals surface area contributed by atoms with Crippen LogP contribution in [0.2, 0.25) is 0 Å². The molecule has 0 radical (unpaired) electrons. The zero-order valence-electron chi connectivity index (χ0n) is 19.2. The predicted octanol–water partition coefficient (Wildman–Crippen LogP) is 6.78. The molecule has 0 bridgehead atoms. The highest BCUT2D eigenvalue weighted by Crippen LogP contribution is 2.46. The summed E-state index contributed by atoms with van der Waals surface area (Å²) in [5, 5.41) is 6.41. The third-order valence-corrected chi connectivity index (χ3v) is 9.41. The van der Waals surface area contributed by atoms with Crippen LogP contribution in [0.15, 0.2) is 114 Å². The van der Waals surface area contributed by atoms with Crippen LogP contribution in [0.25, 0.3) is 55.4 Å². The van der Waals surface area contributed by atoms with Crippen molar-refractivity contribution in [2.45, 2.75) is 0 Å². The molecule has 2 aliphatic rings. The SMILES string of the molecule is C1=NC=C1P(c1ccc(-c2ccc3nc4c(nc3c2)-c2cccc3cccc-4c23)cc1)c1cc[nH]c1. The molecule has 0 fully saturated rings. The molecule has 2 aromatic heterocycles. The van der Waals surface area contributed by atoms with Gasteiger partial charge in [0.1, 0.15) is 0 Å². The van der Waals surface area contributed by atoms with Gasteiger partial charge in [-0.15, -0.1) is 0 Å². The van der Waals surface area contributed by atoms with E-state index in [-0.39, 0.29) is 0 Å². The first kappa shape index (κ1) is 19.9. The Balaban J connectivity index is 1.20. The van der Waals surface area contributed by atoms with Crippen LogP contribution in [-0.2, 0) is 0 Å². The minimum atomic E-state index is -0.582. The summed E-state index contributed by atoms with van der Waals surface area (Å²) in [5.41, 5.74) is 8.48. The molecule has 6 aromatic rings. The molecular formula is C31H19N4P. The molecule has 1 atom stereocenters. The number of nitrogens with zero attached hydrogens (tertiary/aromatic N) is 3. The van der Waals surface area contributed by atoms with Gasteiger partial charge in [-0.25, -0.2) is 9.97 Å². The Labute approximate surface area is 208 Å². The van der Waals surface area contributed by atoms with Crippen molar-refractivity contribution in [1.29, 1.82) is 0 Å². The number of hydrogen-bond acceptors (Lipinski definition) is 3. The molecule has 1 unspecified atom stereocenters. The first-order valence-corrected chi connectivity index (χ1v) is 13.3.